The van der Waals surface area contributed by atoms with E-state index in [1.165, 1.54) is 6.07 Å². The Morgan fingerprint density at radius 3 is 2.75 bits per heavy atom. The Kier molecular flexibility index (Phi) is 4.35. The number of hydrogen-bond donors (Lipinski definition) is 0. The van der Waals surface area contributed by atoms with Gasteiger partial charge in [-0.1, -0.05) is 24.3 Å². The first kappa shape index (κ1) is 13.6. The van der Waals surface area contributed by atoms with Crippen LogP contribution in [-0.4, -0.2) is 12.6 Å². The maximum Gasteiger partial charge on any atom is 0.349 e. The zero-order valence-corrected chi connectivity index (χ0v) is 11.0. The number of benzene rings is 2. The maximum atomic E-state index is 11.7. The van der Waals surface area contributed by atoms with E-state index in [-0.39, 0.29) is 6.61 Å². The van der Waals surface area contributed by atoms with E-state index in [2.05, 4.69) is 0 Å². The standard InChI is InChI=1S/C16H13NO3/c1-12-5-2-3-8-15(12)19-11-16(18)20-14-7-4-6-13(9-14)10-17/h2-9H,11H2,1H3. The number of nitrogens with zero attached hydrogens (tertiary/aromatic N) is 1. The zero-order chi connectivity index (χ0) is 14.4. The summed E-state index contributed by atoms with van der Waals surface area (Å²) in [5, 5.41) is 8.76. The van der Waals surface area contributed by atoms with Gasteiger partial charge in [-0.05, 0) is 36.8 Å². The number of carbonyl (C=O) groups is 1. The first-order chi connectivity index (χ1) is 9.69. The smallest absolute Gasteiger partial charge is 0.349 e. The largest absolute Gasteiger partial charge is 0.482 e. The van der Waals surface area contributed by atoms with E-state index in [0.29, 0.717) is 17.1 Å². The molecule has 0 radical (unpaired) electrons. The number of hydrogen-bond acceptors (Lipinski definition) is 4. The van der Waals surface area contributed by atoms with E-state index >= 15 is 0 Å². The van der Waals surface area contributed by atoms with E-state index in [1.807, 2.05) is 31.2 Å². The van der Waals surface area contributed by atoms with Crippen LogP contribution in [0.2, 0.25) is 0 Å². The molecule has 0 aliphatic heterocycles. The Morgan fingerprint density at radius 1 is 1.20 bits per heavy atom. The predicted molar refractivity (Wildman–Crippen MR) is 73.5 cm³/mol. The second-order valence-corrected chi connectivity index (χ2v) is 4.17. The number of rotatable bonds is 4. The Hall–Kier alpha value is -2.80. The molecule has 0 fully saturated rings. The Bertz CT molecular complexity index is 659. The van der Waals surface area contributed by atoms with Crippen LogP contribution in [0.5, 0.6) is 11.5 Å². The van der Waals surface area contributed by atoms with E-state index in [1.54, 1.807) is 24.3 Å². The average molecular weight is 267 g/mol. The van der Waals surface area contributed by atoms with Crippen molar-refractivity contribution in [3.8, 4) is 17.6 Å². The SMILES string of the molecule is Cc1ccccc1OCC(=O)Oc1cccc(C#N)c1. The molecule has 2 aromatic carbocycles. The minimum atomic E-state index is -0.511. The molecule has 4 heteroatoms. The molecule has 4 nitrogen and oxygen atoms in total. The lowest BCUT2D eigenvalue weighted by molar-refractivity contribution is -0.136. The van der Waals surface area contributed by atoms with Gasteiger partial charge < -0.3 is 9.47 Å². The van der Waals surface area contributed by atoms with Crippen LogP contribution in [0.25, 0.3) is 0 Å². The molecule has 0 aliphatic rings. The van der Waals surface area contributed by atoms with Crippen molar-refractivity contribution in [3.63, 3.8) is 0 Å². The number of nitriles is 1. The van der Waals surface area contributed by atoms with Crippen LogP contribution in [0.3, 0.4) is 0 Å². The lowest BCUT2D eigenvalue weighted by Gasteiger charge is -2.08. The summed E-state index contributed by atoms with van der Waals surface area (Å²) in [6.07, 6.45) is 0. The van der Waals surface area contributed by atoms with Crippen molar-refractivity contribution in [1.29, 1.82) is 5.26 Å². The van der Waals surface area contributed by atoms with E-state index in [9.17, 15) is 4.79 Å². The summed E-state index contributed by atoms with van der Waals surface area (Å²) in [6, 6.07) is 15.8. The quantitative estimate of drug-likeness (QED) is 0.631. The molecule has 0 saturated carbocycles. The summed E-state index contributed by atoms with van der Waals surface area (Å²) < 4.78 is 10.5. The number of aryl methyl sites for hydroxylation is 1. The highest BCUT2D eigenvalue weighted by Crippen LogP contribution is 2.17. The van der Waals surface area contributed by atoms with Crippen molar-refractivity contribution in [1.82, 2.24) is 0 Å². The first-order valence-electron chi connectivity index (χ1n) is 6.08. The summed E-state index contributed by atoms with van der Waals surface area (Å²) in [5.74, 6) is 0.473. The van der Waals surface area contributed by atoms with Gasteiger partial charge in [0, 0.05) is 0 Å². The molecule has 0 unspecified atom stereocenters. The molecule has 0 N–H and O–H groups in total. The van der Waals surface area contributed by atoms with Gasteiger partial charge in [0.1, 0.15) is 11.5 Å². The highest BCUT2D eigenvalue weighted by Gasteiger charge is 2.07. The maximum absolute atomic E-state index is 11.7. The van der Waals surface area contributed by atoms with Crippen LogP contribution in [0.4, 0.5) is 0 Å². The third-order valence-electron chi connectivity index (χ3n) is 2.63. The zero-order valence-electron chi connectivity index (χ0n) is 11.0. The minimum Gasteiger partial charge on any atom is -0.482 e. The van der Waals surface area contributed by atoms with Crippen molar-refractivity contribution >= 4 is 5.97 Å². The normalized spacial score (nSPS) is 9.60. The van der Waals surface area contributed by atoms with Crippen molar-refractivity contribution < 1.29 is 14.3 Å². The molecular formula is C16H13NO3. The molecule has 0 saturated heterocycles. The molecule has 2 aromatic rings. The van der Waals surface area contributed by atoms with Gasteiger partial charge in [-0.3, -0.25) is 0 Å². The molecule has 0 aromatic heterocycles. The number of esters is 1. The Balaban J connectivity index is 1.93. The van der Waals surface area contributed by atoms with Gasteiger partial charge in [0.2, 0.25) is 0 Å². The topological polar surface area (TPSA) is 59.3 Å². The molecule has 0 heterocycles. The lowest BCUT2D eigenvalue weighted by Crippen LogP contribution is -2.18. The molecule has 0 amide bonds. The summed E-state index contributed by atoms with van der Waals surface area (Å²) in [6.45, 7) is 1.72. The van der Waals surface area contributed by atoms with Crippen molar-refractivity contribution in [2.75, 3.05) is 6.61 Å². The third kappa shape index (κ3) is 3.59. The van der Waals surface area contributed by atoms with Gasteiger partial charge in [0.15, 0.2) is 6.61 Å². The van der Waals surface area contributed by atoms with Crippen molar-refractivity contribution in [2.24, 2.45) is 0 Å². The summed E-state index contributed by atoms with van der Waals surface area (Å²) in [5.41, 5.74) is 1.39. The van der Waals surface area contributed by atoms with Gasteiger partial charge in [0.05, 0.1) is 11.6 Å². The summed E-state index contributed by atoms with van der Waals surface area (Å²) in [7, 11) is 0. The highest BCUT2D eigenvalue weighted by atomic mass is 16.6. The van der Waals surface area contributed by atoms with E-state index in [4.69, 9.17) is 14.7 Å². The van der Waals surface area contributed by atoms with E-state index < -0.39 is 5.97 Å². The van der Waals surface area contributed by atoms with Gasteiger partial charge in [-0.2, -0.15) is 5.26 Å². The van der Waals surface area contributed by atoms with Gasteiger partial charge in [-0.25, -0.2) is 4.79 Å². The third-order valence-corrected chi connectivity index (χ3v) is 2.63. The second kappa shape index (κ2) is 6.39. The summed E-state index contributed by atoms with van der Waals surface area (Å²) >= 11 is 0. The summed E-state index contributed by atoms with van der Waals surface area (Å²) in [4.78, 5) is 11.7. The Labute approximate surface area is 117 Å². The van der Waals surface area contributed by atoms with E-state index in [0.717, 1.165) is 5.56 Å². The first-order valence-corrected chi connectivity index (χ1v) is 6.08. The van der Waals surface area contributed by atoms with Gasteiger partial charge in [0.25, 0.3) is 0 Å². The molecule has 2 rings (SSSR count). The fourth-order valence-electron chi connectivity index (χ4n) is 1.65. The number of para-hydroxylation sites is 1. The average Bonchev–Trinajstić information content (AvgIpc) is 2.46. The van der Waals surface area contributed by atoms with Crippen molar-refractivity contribution in [2.45, 2.75) is 6.92 Å². The van der Waals surface area contributed by atoms with Gasteiger partial charge >= 0.3 is 5.97 Å². The van der Waals surface area contributed by atoms with Crippen LogP contribution >= 0.6 is 0 Å². The molecular weight excluding hydrogens is 254 g/mol. The molecule has 0 atom stereocenters. The molecule has 100 valence electrons. The second-order valence-electron chi connectivity index (χ2n) is 4.17. The fourth-order valence-corrected chi connectivity index (χ4v) is 1.65. The number of carbonyl (C=O) groups excluding carboxylic acids is 1. The molecule has 0 aliphatic carbocycles. The van der Waals surface area contributed by atoms with Crippen LogP contribution in [0.15, 0.2) is 48.5 Å². The number of ether oxygens (including phenoxy) is 2. The fraction of sp³-hybridized carbons (Fsp3) is 0.125. The monoisotopic (exact) mass is 267 g/mol. The molecule has 0 bridgehead atoms. The Morgan fingerprint density at radius 2 is 2.00 bits per heavy atom. The highest BCUT2D eigenvalue weighted by molar-refractivity contribution is 5.74. The predicted octanol–water partition coefficient (Wildman–Crippen LogP) is 2.85. The minimum absolute atomic E-state index is 0.179. The molecule has 0 spiro atoms. The van der Waals surface area contributed by atoms with Crippen LogP contribution < -0.4 is 9.47 Å². The van der Waals surface area contributed by atoms with Crippen LogP contribution in [0, 0.1) is 18.3 Å². The molecule has 20 heavy (non-hydrogen) atoms. The van der Waals surface area contributed by atoms with Crippen LogP contribution in [-0.2, 0) is 4.79 Å². The lowest BCUT2D eigenvalue weighted by atomic mass is 10.2. The van der Waals surface area contributed by atoms with Crippen LogP contribution in [0.1, 0.15) is 11.1 Å². The van der Waals surface area contributed by atoms with Gasteiger partial charge in [-0.15, -0.1) is 0 Å². The van der Waals surface area contributed by atoms with Crippen molar-refractivity contribution in [3.05, 3.63) is 59.7 Å².